The Bertz CT molecular complexity index is 590. The van der Waals surface area contributed by atoms with E-state index in [0.29, 0.717) is 12.6 Å². The van der Waals surface area contributed by atoms with Crippen molar-refractivity contribution < 1.29 is 22.8 Å². The minimum absolute atomic E-state index is 0.157. The van der Waals surface area contributed by atoms with Gasteiger partial charge in [0, 0.05) is 18.8 Å². The van der Waals surface area contributed by atoms with Crippen LogP contribution >= 0.6 is 11.6 Å². The van der Waals surface area contributed by atoms with Crippen LogP contribution in [0, 0.1) is 0 Å². The van der Waals surface area contributed by atoms with Crippen LogP contribution in [0.5, 0.6) is 0 Å². The van der Waals surface area contributed by atoms with Crippen LogP contribution in [0.25, 0.3) is 0 Å². The van der Waals surface area contributed by atoms with Crippen LogP contribution in [0.3, 0.4) is 0 Å². The predicted molar refractivity (Wildman–Crippen MR) is 85.9 cm³/mol. The summed E-state index contributed by atoms with van der Waals surface area (Å²) in [6, 6.07) is 2.89. The number of hydrogen-bond acceptors (Lipinski definition) is 3. The Morgan fingerprint density at radius 3 is 2.33 bits per heavy atom. The maximum absolute atomic E-state index is 12.8. The first-order valence-electron chi connectivity index (χ1n) is 7.37. The lowest BCUT2D eigenvalue weighted by Gasteiger charge is -2.17. The quantitative estimate of drug-likeness (QED) is 0.762. The van der Waals surface area contributed by atoms with Crippen LogP contribution in [0.15, 0.2) is 18.2 Å². The molecule has 0 heterocycles. The normalized spacial score (nSPS) is 11.5. The van der Waals surface area contributed by atoms with Crippen molar-refractivity contribution in [2.24, 2.45) is 0 Å². The lowest BCUT2D eigenvalue weighted by Crippen LogP contribution is -2.40. The smallest absolute Gasteiger partial charge is 0.347 e. The Balaban J connectivity index is 2.63. The van der Waals surface area contributed by atoms with E-state index < -0.39 is 28.6 Å². The second-order valence-corrected chi connectivity index (χ2v) is 5.34. The number of likely N-dealkylation sites (N-methyl/N-ethyl adjacent to an activating group) is 1. The van der Waals surface area contributed by atoms with E-state index in [2.05, 4.69) is 10.6 Å². The summed E-state index contributed by atoms with van der Waals surface area (Å²) in [6.07, 6.45) is -4.65. The first-order valence-corrected chi connectivity index (χ1v) is 7.75. The number of nitrogens with zero attached hydrogens (tertiary/aromatic N) is 1. The molecular formula is C15H19ClF3N3O2. The first kappa shape index (κ1) is 20.2. The summed E-state index contributed by atoms with van der Waals surface area (Å²) in [5.41, 5.74) is -1.24. The molecule has 0 aliphatic carbocycles. The van der Waals surface area contributed by atoms with Gasteiger partial charge >= 0.3 is 18.0 Å². The SMILES string of the molecule is CCN(CC)CCNC(=O)C(=O)Nc1ccc(Cl)c(C(F)(F)F)c1. The molecule has 0 bridgehead atoms. The lowest BCUT2D eigenvalue weighted by atomic mass is 10.2. The molecule has 0 saturated heterocycles. The summed E-state index contributed by atoms with van der Waals surface area (Å²) in [4.78, 5) is 25.4. The highest BCUT2D eigenvalue weighted by Crippen LogP contribution is 2.36. The highest BCUT2D eigenvalue weighted by atomic mass is 35.5. The third-order valence-corrected chi connectivity index (χ3v) is 3.67. The lowest BCUT2D eigenvalue weighted by molar-refractivity contribution is -0.137. The van der Waals surface area contributed by atoms with E-state index in [9.17, 15) is 22.8 Å². The molecule has 0 unspecified atom stereocenters. The van der Waals surface area contributed by atoms with Crippen LogP contribution in [-0.2, 0) is 15.8 Å². The third-order valence-electron chi connectivity index (χ3n) is 3.34. The molecule has 0 saturated carbocycles. The van der Waals surface area contributed by atoms with E-state index in [-0.39, 0.29) is 12.2 Å². The fourth-order valence-corrected chi connectivity index (χ4v) is 2.18. The van der Waals surface area contributed by atoms with Crippen molar-refractivity contribution in [3.8, 4) is 0 Å². The van der Waals surface area contributed by atoms with Gasteiger partial charge < -0.3 is 15.5 Å². The Kier molecular flexibility index (Phi) is 7.50. The van der Waals surface area contributed by atoms with Crippen LogP contribution in [0.4, 0.5) is 18.9 Å². The zero-order chi connectivity index (χ0) is 18.3. The number of halogens is 4. The molecule has 9 heteroatoms. The zero-order valence-electron chi connectivity index (χ0n) is 13.3. The third kappa shape index (κ3) is 6.01. The average Bonchev–Trinajstić information content (AvgIpc) is 2.52. The molecule has 134 valence electrons. The molecule has 1 aromatic rings. The van der Waals surface area contributed by atoms with Crippen molar-refractivity contribution in [2.75, 3.05) is 31.5 Å². The fourth-order valence-electron chi connectivity index (χ4n) is 1.96. The predicted octanol–water partition coefficient (Wildman–Crippen LogP) is 2.76. The summed E-state index contributed by atoms with van der Waals surface area (Å²) in [7, 11) is 0. The van der Waals surface area contributed by atoms with Gasteiger partial charge in [-0.05, 0) is 31.3 Å². The van der Waals surface area contributed by atoms with Crippen LogP contribution in [-0.4, -0.2) is 42.9 Å². The Morgan fingerprint density at radius 2 is 1.79 bits per heavy atom. The molecule has 5 nitrogen and oxygen atoms in total. The van der Waals surface area contributed by atoms with Crippen LogP contribution < -0.4 is 10.6 Å². The maximum Gasteiger partial charge on any atom is 0.417 e. The van der Waals surface area contributed by atoms with E-state index in [4.69, 9.17) is 11.6 Å². The van der Waals surface area contributed by atoms with Gasteiger partial charge in [-0.15, -0.1) is 0 Å². The van der Waals surface area contributed by atoms with Crippen LogP contribution in [0.2, 0.25) is 5.02 Å². The first-order chi connectivity index (χ1) is 11.2. The number of anilines is 1. The maximum atomic E-state index is 12.8. The summed E-state index contributed by atoms with van der Waals surface area (Å²) < 4.78 is 38.3. The number of carbonyl (C=O) groups is 2. The molecule has 0 aliphatic rings. The number of amides is 2. The van der Waals surface area contributed by atoms with Gasteiger partial charge in [-0.1, -0.05) is 25.4 Å². The van der Waals surface area contributed by atoms with E-state index >= 15 is 0 Å². The minimum Gasteiger partial charge on any atom is -0.347 e. The summed E-state index contributed by atoms with van der Waals surface area (Å²) in [5.74, 6) is -1.95. The molecular weight excluding hydrogens is 347 g/mol. The largest absolute Gasteiger partial charge is 0.417 e. The molecule has 0 atom stereocenters. The summed E-state index contributed by atoms with van der Waals surface area (Å²) in [6.45, 7) is 6.40. The molecule has 1 rings (SSSR count). The van der Waals surface area contributed by atoms with Gasteiger partial charge in [-0.25, -0.2) is 0 Å². The zero-order valence-corrected chi connectivity index (χ0v) is 14.1. The fraction of sp³-hybridized carbons (Fsp3) is 0.467. The number of rotatable bonds is 6. The summed E-state index contributed by atoms with van der Waals surface area (Å²) >= 11 is 5.49. The van der Waals surface area contributed by atoms with Crippen molar-refractivity contribution in [3.05, 3.63) is 28.8 Å². The molecule has 0 radical (unpaired) electrons. The Hall–Kier alpha value is -1.80. The molecule has 0 aliphatic heterocycles. The monoisotopic (exact) mass is 365 g/mol. The van der Waals surface area contributed by atoms with E-state index in [1.807, 2.05) is 18.7 Å². The van der Waals surface area contributed by atoms with Gasteiger partial charge in [0.2, 0.25) is 0 Å². The number of nitrogens with one attached hydrogen (secondary N) is 2. The number of benzene rings is 1. The topological polar surface area (TPSA) is 61.4 Å². The van der Waals surface area contributed by atoms with Gasteiger partial charge in [0.1, 0.15) is 0 Å². The van der Waals surface area contributed by atoms with Gasteiger partial charge in [-0.3, -0.25) is 9.59 Å². The molecule has 2 amide bonds. The van der Waals surface area contributed by atoms with Crippen molar-refractivity contribution in [1.29, 1.82) is 0 Å². The molecule has 0 fully saturated rings. The second kappa shape index (κ2) is 8.89. The van der Waals surface area contributed by atoms with Gasteiger partial charge in [0.25, 0.3) is 0 Å². The van der Waals surface area contributed by atoms with Gasteiger partial charge in [0.05, 0.1) is 10.6 Å². The standard InChI is InChI=1S/C15H19ClF3N3O2/c1-3-22(4-2)8-7-20-13(23)14(24)21-10-5-6-12(16)11(9-10)15(17,18)19/h5-6,9H,3-4,7-8H2,1-2H3,(H,20,23)(H,21,24). The van der Waals surface area contributed by atoms with Crippen molar-refractivity contribution in [2.45, 2.75) is 20.0 Å². The van der Waals surface area contributed by atoms with E-state index in [1.54, 1.807) is 0 Å². The van der Waals surface area contributed by atoms with E-state index in [1.165, 1.54) is 6.07 Å². The molecule has 0 spiro atoms. The van der Waals surface area contributed by atoms with Crippen molar-refractivity contribution in [1.82, 2.24) is 10.2 Å². The number of alkyl halides is 3. The molecule has 2 N–H and O–H groups in total. The summed E-state index contributed by atoms with van der Waals surface area (Å²) in [5, 5.41) is 4.06. The average molecular weight is 366 g/mol. The van der Waals surface area contributed by atoms with E-state index in [0.717, 1.165) is 19.2 Å². The molecule has 24 heavy (non-hydrogen) atoms. The number of hydrogen-bond donors (Lipinski definition) is 2. The molecule has 1 aromatic carbocycles. The highest BCUT2D eigenvalue weighted by molar-refractivity contribution is 6.39. The molecule has 0 aromatic heterocycles. The van der Waals surface area contributed by atoms with Crippen molar-refractivity contribution >= 4 is 29.1 Å². The van der Waals surface area contributed by atoms with Crippen molar-refractivity contribution in [3.63, 3.8) is 0 Å². The minimum atomic E-state index is -4.65. The number of carbonyl (C=O) groups excluding carboxylic acids is 2. The Morgan fingerprint density at radius 1 is 1.17 bits per heavy atom. The second-order valence-electron chi connectivity index (χ2n) is 4.93. The van der Waals surface area contributed by atoms with Gasteiger partial charge in [0.15, 0.2) is 0 Å². The Labute approximate surface area is 143 Å². The van der Waals surface area contributed by atoms with Gasteiger partial charge in [-0.2, -0.15) is 13.2 Å². The van der Waals surface area contributed by atoms with Crippen LogP contribution in [0.1, 0.15) is 19.4 Å². The highest BCUT2D eigenvalue weighted by Gasteiger charge is 2.33.